The minimum Gasteiger partial charge on any atom is -0.353 e. The highest BCUT2D eigenvalue weighted by molar-refractivity contribution is 6.32. The van der Waals surface area contributed by atoms with Crippen LogP contribution in [0.1, 0.15) is 12.8 Å². The van der Waals surface area contributed by atoms with E-state index >= 15 is 0 Å². The number of nitrogens with one attached hydrogen (secondary N) is 1. The molecule has 0 saturated carbocycles. The van der Waals surface area contributed by atoms with E-state index in [9.17, 15) is 0 Å². The van der Waals surface area contributed by atoms with Gasteiger partial charge < -0.3 is 10.2 Å². The third kappa shape index (κ3) is 1.78. The first-order valence-electron chi connectivity index (χ1n) is 5.93. The van der Waals surface area contributed by atoms with Crippen LogP contribution < -0.4 is 10.2 Å². The molecule has 3 nitrogen and oxygen atoms in total. The van der Waals surface area contributed by atoms with Crippen LogP contribution in [0.25, 0.3) is 0 Å². The Morgan fingerprint density at radius 3 is 3.19 bits per heavy atom. The van der Waals surface area contributed by atoms with E-state index < -0.39 is 0 Å². The molecule has 0 unspecified atom stereocenters. The molecule has 4 heteroatoms. The molecule has 2 atom stereocenters. The SMILES string of the molecule is Clc1cccnc1N1C[C@@H]2CCCN[C@@H]2C1. The van der Waals surface area contributed by atoms with Gasteiger partial charge in [-0.2, -0.15) is 0 Å². The van der Waals surface area contributed by atoms with Crippen molar-refractivity contribution in [3.05, 3.63) is 23.4 Å². The second kappa shape index (κ2) is 4.22. The zero-order valence-electron chi connectivity index (χ0n) is 9.19. The molecule has 86 valence electrons. The second-order valence-electron chi connectivity index (χ2n) is 4.68. The lowest BCUT2D eigenvalue weighted by Gasteiger charge is -2.24. The average molecular weight is 238 g/mol. The second-order valence-corrected chi connectivity index (χ2v) is 5.08. The zero-order chi connectivity index (χ0) is 11.0. The molecule has 3 rings (SSSR count). The quantitative estimate of drug-likeness (QED) is 0.809. The number of rotatable bonds is 1. The minimum atomic E-state index is 0.631. The zero-order valence-corrected chi connectivity index (χ0v) is 9.95. The largest absolute Gasteiger partial charge is 0.353 e. The minimum absolute atomic E-state index is 0.631. The van der Waals surface area contributed by atoms with Gasteiger partial charge >= 0.3 is 0 Å². The van der Waals surface area contributed by atoms with Crippen LogP contribution in [0.3, 0.4) is 0 Å². The smallest absolute Gasteiger partial charge is 0.147 e. The van der Waals surface area contributed by atoms with E-state index in [4.69, 9.17) is 11.6 Å². The topological polar surface area (TPSA) is 28.2 Å². The summed E-state index contributed by atoms with van der Waals surface area (Å²) in [4.78, 5) is 6.70. The van der Waals surface area contributed by atoms with Crippen LogP contribution in [-0.2, 0) is 0 Å². The summed E-state index contributed by atoms with van der Waals surface area (Å²) in [5.74, 6) is 1.71. The first-order valence-corrected chi connectivity index (χ1v) is 6.31. The highest BCUT2D eigenvalue weighted by atomic mass is 35.5. The molecule has 0 radical (unpaired) electrons. The highest BCUT2D eigenvalue weighted by Gasteiger charge is 2.35. The van der Waals surface area contributed by atoms with E-state index in [1.54, 1.807) is 0 Å². The van der Waals surface area contributed by atoms with Gasteiger partial charge in [0, 0.05) is 25.3 Å². The molecule has 2 fully saturated rings. The van der Waals surface area contributed by atoms with Crippen molar-refractivity contribution in [2.45, 2.75) is 18.9 Å². The molecule has 2 aliphatic rings. The summed E-state index contributed by atoms with van der Waals surface area (Å²) >= 11 is 6.18. The molecule has 0 aliphatic carbocycles. The third-order valence-corrected chi connectivity index (χ3v) is 3.93. The summed E-state index contributed by atoms with van der Waals surface area (Å²) in [6, 6.07) is 4.43. The monoisotopic (exact) mass is 237 g/mol. The Labute approximate surface area is 101 Å². The maximum atomic E-state index is 6.18. The Morgan fingerprint density at radius 2 is 2.38 bits per heavy atom. The van der Waals surface area contributed by atoms with Gasteiger partial charge in [-0.3, -0.25) is 0 Å². The fraction of sp³-hybridized carbons (Fsp3) is 0.583. The predicted molar refractivity (Wildman–Crippen MR) is 66.0 cm³/mol. The molecule has 0 amide bonds. The molecule has 2 aliphatic heterocycles. The van der Waals surface area contributed by atoms with Crippen LogP contribution in [0.2, 0.25) is 5.02 Å². The van der Waals surface area contributed by atoms with Crippen molar-refractivity contribution in [1.82, 2.24) is 10.3 Å². The lowest BCUT2D eigenvalue weighted by Crippen LogP contribution is -2.40. The molecular formula is C12H16ClN3. The van der Waals surface area contributed by atoms with Gasteiger partial charge in [-0.05, 0) is 37.4 Å². The molecule has 0 aromatic carbocycles. The van der Waals surface area contributed by atoms with Crippen molar-refractivity contribution in [2.24, 2.45) is 5.92 Å². The average Bonchev–Trinajstić information content (AvgIpc) is 2.73. The first-order chi connectivity index (χ1) is 7.84. The predicted octanol–water partition coefficient (Wildman–Crippen LogP) is 1.92. The number of pyridine rings is 1. The van der Waals surface area contributed by atoms with Crippen LogP contribution in [0.15, 0.2) is 18.3 Å². The summed E-state index contributed by atoms with van der Waals surface area (Å²) in [6.45, 7) is 3.29. The van der Waals surface area contributed by atoms with Gasteiger partial charge in [-0.15, -0.1) is 0 Å². The number of aromatic nitrogens is 1. The summed E-state index contributed by atoms with van der Waals surface area (Å²) in [7, 11) is 0. The Balaban J connectivity index is 1.80. The molecule has 3 heterocycles. The summed E-state index contributed by atoms with van der Waals surface area (Å²) in [5.41, 5.74) is 0. The normalized spacial score (nSPS) is 29.2. The molecule has 1 N–H and O–H groups in total. The highest BCUT2D eigenvalue weighted by Crippen LogP contribution is 2.31. The number of fused-ring (bicyclic) bond motifs is 1. The number of hydrogen-bond acceptors (Lipinski definition) is 3. The Hall–Kier alpha value is -0.800. The number of nitrogens with zero attached hydrogens (tertiary/aromatic N) is 2. The van der Waals surface area contributed by atoms with E-state index in [0.717, 1.165) is 36.4 Å². The third-order valence-electron chi connectivity index (χ3n) is 3.64. The molecular weight excluding hydrogens is 222 g/mol. The number of halogens is 1. The molecule has 2 saturated heterocycles. The molecule has 0 bridgehead atoms. The molecule has 16 heavy (non-hydrogen) atoms. The van der Waals surface area contributed by atoms with E-state index in [1.807, 2.05) is 18.3 Å². The maximum Gasteiger partial charge on any atom is 0.147 e. The van der Waals surface area contributed by atoms with Crippen molar-refractivity contribution in [2.75, 3.05) is 24.5 Å². The van der Waals surface area contributed by atoms with Gasteiger partial charge in [0.2, 0.25) is 0 Å². The fourth-order valence-corrected chi connectivity index (χ4v) is 3.07. The Kier molecular flexibility index (Phi) is 2.74. The van der Waals surface area contributed by atoms with Crippen molar-refractivity contribution in [3.63, 3.8) is 0 Å². The molecule has 1 aromatic rings. The van der Waals surface area contributed by atoms with Gasteiger partial charge in [0.1, 0.15) is 5.82 Å². The van der Waals surface area contributed by atoms with E-state index in [-0.39, 0.29) is 0 Å². The van der Waals surface area contributed by atoms with Gasteiger partial charge in [0.15, 0.2) is 0 Å². The summed E-state index contributed by atoms with van der Waals surface area (Å²) in [5, 5.41) is 4.35. The standard InChI is InChI=1S/C12H16ClN3/c13-10-4-2-6-15-12(10)16-7-9-3-1-5-14-11(9)8-16/h2,4,6,9,11,14H,1,3,5,7-8H2/t9-,11+/m0/s1. The van der Waals surface area contributed by atoms with Crippen molar-refractivity contribution in [1.29, 1.82) is 0 Å². The van der Waals surface area contributed by atoms with Crippen LogP contribution in [-0.4, -0.2) is 30.7 Å². The Bertz CT molecular complexity index is 368. The van der Waals surface area contributed by atoms with Crippen molar-refractivity contribution < 1.29 is 0 Å². The van der Waals surface area contributed by atoms with Gasteiger partial charge in [-0.25, -0.2) is 4.98 Å². The maximum absolute atomic E-state index is 6.18. The fourth-order valence-electron chi connectivity index (χ4n) is 2.83. The Morgan fingerprint density at radius 1 is 1.44 bits per heavy atom. The lowest BCUT2D eigenvalue weighted by molar-refractivity contribution is 0.340. The first kappa shape index (κ1) is 10.4. The molecule has 1 aromatic heterocycles. The summed E-state index contributed by atoms with van der Waals surface area (Å²) < 4.78 is 0. The van der Waals surface area contributed by atoms with Crippen LogP contribution in [0.5, 0.6) is 0 Å². The van der Waals surface area contributed by atoms with Crippen LogP contribution >= 0.6 is 11.6 Å². The van der Waals surface area contributed by atoms with E-state index in [1.165, 1.54) is 12.8 Å². The lowest BCUT2D eigenvalue weighted by atomic mass is 9.94. The van der Waals surface area contributed by atoms with Gasteiger partial charge in [0.25, 0.3) is 0 Å². The molecule has 0 spiro atoms. The van der Waals surface area contributed by atoms with E-state index in [2.05, 4.69) is 15.2 Å². The van der Waals surface area contributed by atoms with Crippen LogP contribution in [0, 0.1) is 5.92 Å². The van der Waals surface area contributed by atoms with Gasteiger partial charge in [0.05, 0.1) is 5.02 Å². The number of hydrogen-bond donors (Lipinski definition) is 1. The van der Waals surface area contributed by atoms with Crippen molar-refractivity contribution >= 4 is 17.4 Å². The summed E-state index contributed by atoms with van der Waals surface area (Å²) in [6.07, 6.45) is 4.44. The van der Waals surface area contributed by atoms with Gasteiger partial charge in [-0.1, -0.05) is 11.6 Å². The van der Waals surface area contributed by atoms with Crippen LogP contribution in [0.4, 0.5) is 5.82 Å². The number of piperidine rings is 1. The van der Waals surface area contributed by atoms with E-state index in [0.29, 0.717) is 6.04 Å². The number of anilines is 1. The van der Waals surface area contributed by atoms with Crippen molar-refractivity contribution in [3.8, 4) is 0 Å².